The van der Waals surface area contributed by atoms with E-state index in [-0.39, 0.29) is 0 Å². The third-order valence-corrected chi connectivity index (χ3v) is 10.0. The molecule has 0 radical (unpaired) electrons. The monoisotopic (exact) mass is 351 g/mol. The molecule has 136 valence electrons. The third kappa shape index (κ3) is 2.97. The lowest BCUT2D eigenvalue weighted by atomic mass is 9.79. The van der Waals surface area contributed by atoms with Gasteiger partial charge in [-0.3, -0.25) is 0 Å². The van der Waals surface area contributed by atoms with Crippen molar-refractivity contribution in [1.29, 1.82) is 0 Å². The highest BCUT2D eigenvalue weighted by Crippen LogP contribution is 2.52. The van der Waals surface area contributed by atoms with E-state index in [4.69, 9.17) is 19.3 Å². The van der Waals surface area contributed by atoms with Gasteiger partial charge < -0.3 is 19.3 Å². The number of nitrogens with two attached hydrogens (primary N) is 1. The Balaban J connectivity index is 2.65. The predicted octanol–water partition coefficient (Wildman–Crippen LogP) is 3.87. The summed E-state index contributed by atoms with van der Waals surface area (Å²) in [6.45, 7) is 10.1. The largest absolute Gasteiger partial charge is 0.393 e. The molecule has 1 aromatic carbocycles. The molecule has 1 saturated heterocycles. The first-order chi connectivity index (χ1) is 11.6. The van der Waals surface area contributed by atoms with Gasteiger partial charge in [-0.05, 0) is 51.6 Å². The van der Waals surface area contributed by atoms with Crippen LogP contribution in [0.3, 0.4) is 0 Å². The number of rotatable bonds is 8. The summed E-state index contributed by atoms with van der Waals surface area (Å²) in [6.07, 6.45) is 2.69. The molecule has 2 N–H and O–H groups in total. The van der Waals surface area contributed by atoms with E-state index in [0.717, 1.165) is 30.9 Å². The Morgan fingerprint density at radius 1 is 1.00 bits per heavy atom. The van der Waals surface area contributed by atoms with Crippen molar-refractivity contribution < 1.29 is 13.6 Å². The smallest absolute Gasteiger partial charge is 0.373 e. The van der Waals surface area contributed by atoms with Crippen molar-refractivity contribution in [3.63, 3.8) is 0 Å². The van der Waals surface area contributed by atoms with Gasteiger partial charge in [0.1, 0.15) is 5.22 Å². The molecular weight excluding hydrogens is 318 g/mol. The fourth-order valence-electron chi connectivity index (χ4n) is 4.51. The first-order valence-corrected chi connectivity index (χ1v) is 11.3. The van der Waals surface area contributed by atoms with Gasteiger partial charge >= 0.3 is 8.56 Å². The Morgan fingerprint density at radius 2 is 1.62 bits per heavy atom. The summed E-state index contributed by atoms with van der Waals surface area (Å²) in [6, 6.07) is 11.3. The molecule has 1 fully saturated rings. The summed E-state index contributed by atoms with van der Waals surface area (Å²) < 4.78 is 19.3. The quantitative estimate of drug-likeness (QED) is 0.722. The molecule has 0 aliphatic carbocycles. The van der Waals surface area contributed by atoms with E-state index in [1.807, 2.05) is 26.8 Å². The standard InChI is InChI=1S/C19H33NO3Si/c1-5-19(21-6-2)18(20,17-13-10-9-11-14-17)15-12-16-24(19,22-7-3)23-8-4/h9-11,13-14H,5-8,12,15-16,20H2,1-4H3. The topological polar surface area (TPSA) is 53.7 Å². The molecule has 2 unspecified atom stereocenters. The van der Waals surface area contributed by atoms with E-state index in [2.05, 4.69) is 31.2 Å². The number of benzene rings is 1. The van der Waals surface area contributed by atoms with Gasteiger partial charge in [-0.25, -0.2) is 0 Å². The molecular formula is C19H33NO3Si. The van der Waals surface area contributed by atoms with Gasteiger partial charge in [0.15, 0.2) is 0 Å². The maximum atomic E-state index is 7.14. The summed E-state index contributed by atoms with van der Waals surface area (Å²) in [5, 5.41) is -0.583. The van der Waals surface area contributed by atoms with Gasteiger partial charge in [0.05, 0.1) is 5.54 Å². The molecule has 2 atom stereocenters. The molecule has 4 nitrogen and oxygen atoms in total. The van der Waals surface area contributed by atoms with Gasteiger partial charge in [0, 0.05) is 19.8 Å². The second-order valence-corrected chi connectivity index (χ2v) is 9.81. The van der Waals surface area contributed by atoms with Crippen LogP contribution in [0.2, 0.25) is 6.04 Å². The fraction of sp³-hybridized carbons (Fsp3) is 0.684. The maximum Gasteiger partial charge on any atom is 0.373 e. The van der Waals surface area contributed by atoms with Crippen LogP contribution in [0.25, 0.3) is 0 Å². The first-order valence-electron chi connectivity index (χ1n) is 9.32. The van der Waals surface area contributed by atoms with Gasteiger partial charge in [-0.1, -0.05) is 37.3 Å². The summed E-state index contributed by atoms with van der Waals surface area (Å²) in [4.78, 5) is 0. The summed E-state index contributed by atoms with van der Waals surface area (Å²) in [5.41, 5.74) is 7.67. The molecule has 2 rings (SSSR count). The van der Waals surface area contributed by atoms with E-state index < -0.39 is 19.3 Å². The van der Waals surface area contributed by atoms with Crippen molar-refractivity contribution in [2.75, 3.05) is 19.8 Å². The molecule has 0 spiro atoms. The molecule has 1 aliphatic rings. The van der Waals surface area contributed by atoms with Crippen LogP contribution in [0.1, 0.15) is 52.5 Å². The molecule has 0 aromatic heterocycles. The number of hydrogen-bond acceptors (Lipinski definition) is 4. The molecule has 1 heterocycles. The first kappa shape index (κ1) is 19.6. The fourth-order valence-corrected chi connectivity index (χ4v) is 9.18. The minimum Gasteiger partial charge on any atom is -0.393 e. The van der Waals surface area contributed by atoms with Crippen molar-refractivity contribution in [3.8, 4) is 0 Å². The van der Waals surface area contributed by atoms with E-state index in [1.165, 1.54) is 0 Å². The Kier molecular flexibility index (Phi) is 6.62. The Bertz CT molecular complexity index is 501. The van der Waals surface area contributed by atoms with E-state index in [9.17, 15) is 0 Å². The average Bonchev–Trinajstić information content (AvgIpc) is 2.60. The summed E-state index contributed by atoms with van der Waals surface area (Å²) in [7, 11) is -2.65. The van der Waals surface area contributed by atoms with Crippen LogP contribution >= 0.6 is 0 Å². The zero-order chi connectivity index (χ0) is 17.7. The molecule has 5 heteroatoms. The molecule has 0 saturated carbocycles. The van der Waals surface area contributed by atoms with Gasteiger partial charge in [-0.15, -0.1) is 0 Å². The van der Waals surface area contributed by atoms with Crippen LogP contribution in [0.4, 0.5) is 0 Å². The van der Waals surface area contributed by atoms with Gasteiger partial charge in [0.2, 0.25) is 0 Å². The van der Waals surface area contributed by atoms with Crippen molar-refractivity contribution >= 4 is 8.56 Å². The normalized spacial score (nSPS) is 29.5. The van der Waals surface area contributed by atoms with Crippen molar-refractivity contribution in [1.82, 2.24) is 0 Å². The van der Waals surface area contributed by atoms with Crippen LogP contribution in [-0.2, 0) is 19.1 Å². The molecule has 24 heavy (non-hydrogen) atoms. The second-order valence-electron chi connectivity index (χ2n) is 6.42. The van der Waals surface area contributed by atoms with Crippen LogP contribution in [0.5, 0.6) is 0 Å². The Morgan fingerprint density at radius 3 is 2.12 bits per heavy atom. The van der Waals surface area contributed by atoms with Crippen LogP contribution in [-0.4, -0.2) is 33.6 Å². The van der Waals surface area contributed by atoms with Gasteiger partial charge in [0.25, 0.3) is 0 Å². The highest BCUT2D eigenvalue weighted by Gasteiger charge is 2.69. The Hall–Kier alpha value is -0.723. The second kappa shape index (κ2) is 8.10. The third-order valence-electron chi connectivity index (χ3n) is 5.35. The molecule has 1 aliphatic heterocycles. The highest BCUT2D eigenvalue weighted by molar-refractivity contribution is 6.71. The predicted molar refractivity (Wildman–Crippen MR) is 100 cm³/mol. The van der Waals surface area contributed by atoms with E-state index in [1.54, 1.807) is 0 Å². The molecule has 0 bridgehead atoms. The van der Waals surface area contributed by atoms with Crippen molar-refractivity contribution in [2.24, 2.45) is 5.73 Å². The molecule has 0 amide bonds. The lowest BCUT2D eigenvalue weighted by molar-refractivity contribution is -0.0914. The van der Waals surface area contributed by atoms with Crippen LogP contribution in [0, 0.1) is 0 Å². The highest BCUT2D eigenvalue weighted by atomic mass is 28.4. The minimum absolute atomic E-state index is 0.583. The zero-order valence-electron chi connectivity index (χ0n) is 15.6. The van der Waals surface area contributed by atoms with E-state index >= 15 is 0 Å². The lowest BCUT2D eigenvalue weighted by Crippen LogP contribution is -2.77. The minimum atomic E-state index is -2.65. The van der Waals surface area contributed by atoms with Crippen LogP contribution < -0.4 is 5.73 Å². The average molecular weight is 352 g/mol. The van der Waals surface area contributed by atoms with Gasteiger partial charge in [-0.2, -0.15) is 0 Å². The van der Waals surface area contributed by atoms with Crippen LogP contribution in [0.15, 0.2) is 30.3 Å². The maximum absolute atomic E-state index is 7.14. The van der Waals surface area contributed by atoms with E-state index in [0.29, 0.717) is 19.8 Å². The SMILES string of the molecule is CCOC1(CC)C(N)(c2ccccc2)CCC[Si]1(OCC)OCC. The number of hydrogen-bond donors (Lipinski definition) is 1. The molecule has 1 aromatic rings. The summed E-state index contributed by atoms with van der Waals surface area (Å²) >= 11 is 0. The summed E-state index contributed by atoms with van der Waals surface area (Å²) in [5.74, 6) is 0. The lowest BCUT2D eigenvalue weighted by Gasteiger charge is -2.58. The Labute approximate surface area is 147 Å². The zero-order valence-corrected chi connectivity index (χ0v) is 16.6. The number of ether oxygens (including phenoxy) is 1. The van der Waals surface area contributed by atoms with Crippen molar-refractivity contribution in [3.05, 3.63) is 35.9 Å². The van der Waals surface area contributed by atoms with Crippen molar-refractivity contribution in [2.45, 2.75) is 63.8 Å².